The molecule has 0 N–H and O–H groups in total. The minimum Gasteiger partial charge on any atom is -0.123 e. The molecule has 0 bridgehead atoms. The van der Waals surface area contributed by atoms with Gasteiger partial charge in [-0.3, -0.25) is 0 Å². The first-order chi connectivity index (χ1) is 8.75. The smallest absolute Gasteiger partial charge is 0.0338 e. The lowest BCUT2D eigenvalue weighted by Gasteiger charge is -2.33. The molecule has 0 saturated heterocycles. The first kappa shape index (κ1) is 14.7. The van der Waals surface area contributed by atoms with Gasteiger partial charge in [0.2, 0.25) is 0 Å². The van der Waals surface area contributed by atoms with E-state index in [4.69, 9.17) is 11.6 Å². The lowest BCUT2D eigenvalue weighted by atomic mass is 9.74. The van der Waals surface area contributed by atoms with Gasteiger partial charge in [-0.25, -0.2) is 0 Å². The number of rotatable bonds is 0. The molecule has 0 aromatic rings. The first-order valence-corrected chi connectivity index (χ1v) is 8.83. The van der Waals surface area contributed by atoms with Crippen molar-refractivity contribution in [1.29, 1.82) is 0 Å². The van der Waals surface area contributed by atoms with Crippen molar-refractivity contribution in [3.63, 3.8) is 0 Å². The van der Waals surface area contributed by atoms with Crippen molar-refractivity contribution in [3.05, 3.63) is 0 Å². The second-order valence-electron chi connectivity index (χ2n) is 6.96. The van der Waals surface area contributed by atoms with Crippen molar-refractivity contribution in [1.82, 2.24) is 0 Å². The molecule has 0 spiro atoms. The van der Waals surface area contributed by atoms with Crippen LogP contribution in [0.25, 0.3) is 0 Å². The van der Waals surface area contributed by atoms with Crippen LogP contribution in [0.15, 0.2) is 0 Å². The van der Waals surface area contributed by atoms with Crippen LogP contribution in [0.1, 0.15) is 84.0 Å². The minimum atomic E-state index is 0.456. The molecule has 2 fully saturated rings. The molecule has 0 nitrogen and oxygen atoms in total. The van der Waals surface area contributed by atoms with Crippen LogP contribution in [0.2, 0.25) is 0 Å². The summed E-state index contributed by atoms with van der Waals surface area (Å²) in [6, 6.07) is 0. The maximum Gasteiger partial charge on any atom is 0.0338 e. The molecule has 2 aliphatic carbocycles. The fourth-order valence-electron chi connectivity index (χ4n) is 4.11. The summed E-state index contributed by atoms with van der Waals surface area (Å²) in [6.45, 7) is 2.42. The molecule has 0 aliphatic heterocycles. The molecule has 106 valence electrons. The average molecular weight is 271 g/mol. The second kappa shape index (κ2) is 7.78. The molecule has 0 aromatic heterocycles. The normalized spacial score (nSPS) is 40.3. The van der Waals surface area contributed by atoms with Crippen molar-refractivity contribution in [2.24, 2.45) is 17.8 Å². The molecule has 2 saturated carbocycles. The number of hydrogen-bond donors (Lipinski definition) is 0. The Morgan fingerprint density at radius 3 is 2.06 bits per heavy atom. The molecule has 1 heteroatoms. The zero-order chi connectivity index (χ0) is 12.8. The summed E-state index contributed by atoms with van der Waals surface area (Å²) in [6.07, 6.45) is 17.1. The molecule has 0 aromatic carbocycles. The molecule has 4 atom stereocenters. The number of fused-ring (bicyclic) bond motifs is 1. The maximum atomic E-state index is 6.60. The molecule has 0 amide bonds. The van der Waals surface area contributed by atoms with Crippen molar-refractivity contribution in [3.8, 4) is 0 Å². The van der Waals surface area contributed by atoms with Gasteiger partial charge in [-0.05, 0) is 37.0 Å². The summed E-state index contributed by atoms with van der Waals surface area (Å²) in [5, 5.41) is 0.456. The van der Waals surface area contributed by atoms with Crippen molar-refractivity contribution >= 4 is 11.6 Å². The zero-order valence-corrected chi connectivity index (χ0v) is 12.9. The molecule has 4 unspecified atom stereocenters. The van der Waals surface area contributed by atoms with E-state index >= 15 is 0 Å². The van der Waals surface area contributed by atoms with Crippen molar-refractivity contribution in [2.75, 3.05) is 0 Å². The molecule has 18 heavy (non-hydrogen) atoms. The monoisotopic (exact) mass is 270 g/mol. The SMILES string of the molecule is CC1CCCCCC2CCCCC2CC(Cl)CC1. The molecular formula is C17H31Cl. The van der Waals surface area contributed by atoms with Crippen molar-refractivity contribution in [2.45, 2.75) is 89.4 Å². The maximum absolute atomic E-state index is 6.60. The van der Waals surface area contributed by atoms with Gasteiger partial charge in [-0.1, -0.05) is 64.7 Å². The Hall–Kier alpha value is 0.290. The highest BCUT2D eigenvalue weighted by Crippen LogP contribution is 2.38. The summed E-state index contributed by atoms with van der Waals surface area (Å²) in [5.41, 5.74) is 0. The highest BCUT2D eigenvalue weighted by molar-refractivity contribution is 6.20. The van der Waals surface area contributed by atoms with Gasteiger partial charge in [0.25, 0.3) is 0 Å². The predicted octanol–water partition coefficient (Wildman–Crippen LogP) is 6.17. The van der Waals surface area contributed by atoms with E-state index in [2.05, 4.69) is 6.92 Å². The Morgan fingerprint density at radius 2 is 1.28 bits per heavy atom. The molecule has 2 aliphatic rings. The van der Waals surface area contributed by atoms with Crippen LogP contribution >= 0.6 is 11.6 Å². The van der Waals surface area contributed by atoms with Gasteiger partial charge < -0.3 is 0 Å². The minimum absolute atomic E-state index is 0.456. The predicted molar refractivity (Wildman–Crippen MR) is 81.2 cm³/mol. The van der Waals surface area contributed by atoms with Gasteiger partial charge in [0.05, 0.1) is 0 Å². The Morgan fingerprint density at radius 1 is 0.667 bits per heavy atom. The zero-order valence-electron chi connectivity index (χ0n) is 12.2. The average Bonchev–Trinajstić information content (AvgIpc) is 2.36. The summed E-state index contributed by atoms with van der Waals surface area (Å²) in [4.78, 5) is 0. The van der Waals surface area contributed by atoms with Crippen LogP contribution in [-0.4, -0.2) is 5.38 Å². The summed E-state index contributed by atoms with van der Waals surface area (Å²) in [7, 11) is 0. The highest BCUT2D eigenvalue weighted by atomic mass is 35.5. The van der Waals surface area contributed by atoms with Gasteiger partial charge in [0.1, 0.15) is 0 Å². The van der Waals surface area contributed by atoms with Crippen LogP contribution in [0.4, 0.5) is 0 Å². The van der Waals surface area contributed by atoms with E-state index in [9.17, 15) is 0 Å². The van der Waals surface area contributed by atoms with E-state index in [0.29, 0.717) is 5.38 Å². The Bertz CT molecular complexity index is 226. The van der Waals surface area contributed by atoms with E-state index in [1.807, 2.05) is 0 Å². The van der Waals surface area contributed by atoms with Gasteiger partial charge in [-0.15, -0.1) is 11.6 Å². The van der Waals surface area contributed by atoms with E-state index in [-0.39, 0.29) is 0 Å². The molecular weight excluding hydrogens is 240 g/mol. The highest BCUT2D eigenvalue weighted by Gasteiger charge is 2.27. The summed E-state index contributed by atoms with van der Waals surface area (Å²) >= 11 is 6.60. The third kappa shape index (κ3) is 4.76. The van der Waals surface area contributed by atoms with Gasteiger partial charge >= 0.3 is 0 Å². The number of alkyl halides is 1. The van der Waals surface area contributed by atoms with Gasteiger partial charge in [0.15, 0.2) is 0 Å². The van der Waals surface area contributed by atoms with Crippen molar-refractivity contribution < 1.29 is 0 Å². The fourth-order valence-corrected chi connectivity index (χ4v) is 4.46. The fraction of sp³-hybridized carbons (Fsp3) is 1.00. The third-order valence-corrected chi connectivity index (χ3v) is 5.77. The lowest BCUT2D eigenvalue weighted by Crippen LogP contribution is -2.23. The Balaban J connectivity index is 1.89. The molecule has 2 rings (SSSR count). The molecule has 0 radical (unpaired) electrons. The second-order valence-corrected chi connectivity index (χ2v) is 7.58. The van der Waals surface area contributed by atoms with Crippen LogP contribution in [0.3, 0.4) is 0 Å². The summed E-state index contributed by atoms with van der Waals surface area (Å²) < 4.78 is 0. The molecule has 0 heterocycles. The largest absolute Gasteiger partial charge is 0.123 e. The standard InChI is InChI=1S/C17H31Cl/c1-14-7-3-2-4-8-15-9-5-6-10-16(15)13-17(18)12-11-14/h14-17H,2-13H2,1H3. The number of hydrogen-bond acceptors (Lipinski definition) is 0. The van der Waals surface area contributed by atoms with Crippen LogP contribution in [0, 0.1) is 17.8 Å². The third-order valence-electron chi connectivity index (χ3n) is 5.37. The van der Waals surface area contributed by atoms with Gasteiger partial charge in [-0.2, -0.15) is 0 Å². The van der Waals surface area contributed by atoms with Crippen LogP contribution in [-0.2, 0) is 0 Å². The van der Waals surface area contributed by atoms with E-state index in [1.165, 1.54) is 77.0 Å². The van der Waals surface area contributed by atoms with Crippen LogP contribution < -0.4 is 0 Å². The topological polar surface area (TPSA) is 0 Å². The van der Waals surface area contributed by atoms with Gasteiger partial charge in [0, 0.05) is 5.38 Å². The Kier molecular flexibility index (Phi) is 6.35. The number of halogens is 1. The quantitative estimate of drug-likeness (QED) is 0.462. The summed E-state index contributed by atoms with van der Waals surface area (Å²) in [5.74, 6) is 2.86. The Labute approximate surface area is 119 Å². The van der Waals surface area contributed by atoms with E-state index in [0.717, 1.165) is 17.8 Å². The lowest BCUT2D eigenvalue weighted by molar-refractivity contribution is 0.200. The van der Waals surface area contributed by atoms with Crippen LogP contribution in [0.5, 0.6) is 0 Å². The first-order valence-electron chi connectivity index (χ1n) is 8.39. The van der Waals surface area contributed by atoms with E-state index in [1.54, 1.807) is 0 Å². The van der Waals surface area contributed by atoms with E-state index < -0.39 is 0 Å².